The van der Waals surface area contributed by atoms with Crippen molar-refractivity contribution in [1.29, 1.82) is 0 Å². The highest BCUT2D eigenvalue weighted by Crippen LogP contribution is 2.38. The molecule has 0 saturated carbocycles. The number of fused-ring (bicyclic) bond motifs is 2. The third kappa shape index (κ3) is 3.99. The first-order valence-electron chi connectivity index (χ1n) is 8.09. The molecule has 2 bridgehead atoms. The largest absolute Gasteiger partial charge is 0.433 e. The molecule has 2 aliphatic heterocycles. The maximum atomic E-state index is 13.4. The van der Waals surface area contributed by atoms with Gasteiger partial charge in [-0.1, -0.05) is 41.0 Å². The topological polar surface area (TPSA) is 61.3 Å². The molecule has 4 rings (SSSR count). The van der Waals surface area contributed by atoms with Gasteiger partial charge in [0.05, 0.1) is 28.5 Å². The summed E-state index contributed by atoms with van der Waals surface area (Å²) in [5.41, 5.74) is -0.675. The Balaban J connectivity index is 1.70. The molecule has 2 fully saturated rings. The Kier molecular flexibility index (Phi) is 5.30. The molecule has 0 spiro atoms. The molecule has 0 radical (unpaired) electrons. The van der Waals surface area contributed by atoms with Gasteiger partial charge in [0.1, 0.15) is 5.69 Å². The van der Waals surface area contributed by atoms with Gasteiger partial charge in [0.25, 0.3) is 0 Å². The Morgan fingerprint density at radius 3 is 2.64 bits per heavy atom. The summed E-state index contributed by atoms with van der Waals surface area (Å²) >= 11 is 12.8. The van der Waals surface area contributed by atoms with Crippen LogP contribution in [0.4, 0.5) is 13.2 Å². The third-order valence-electron chi connectivity index (χ3n) is 4.26. The molecular formula is C17H11Cl2F3N2O3S. The van der Waals surface area contributed by atoms with E-state index in [9.17, 15) is 18.0 Å². The number of ether oxygens (including phenoxy) is 2. The average Bonchev–Trinajstić information content (AvgIpc) is 3.07. The Morgan fingerprint density at radius 1 is 1.14 bits per heavy atom. The maximum absolute atomic E-state index is 13.4. The fourth-order valence-corrected chi connectivity index (χ4v) is 4.30. The van der Waals surface area contributed by atoms with Crippen LogP contribution in [0.2, 0.25) is 10.0 Å². The zero-order chi connectivity index (χ0) is 20.1. The van der Waals surface area contributed by atoms with Gasteiger partial charge in [0.15, 0.2) is 10.9 Å². The quantitative estimate of drug-likeness (QED) is 0.634. The van der Waals surface area contributed by atoms with Crippen molar-refractivity contribution in [2.75, 3.05) is 6.61 Å². The molecule has 0 amide bonds. The number of thioether (sulfide) groups is 1. The number of ketones is 1. The number of nitrogens with zero attached hydrogens (tertiary/aromatic N) is 2. The number of rotatable bonds is 3. The van der Waals surface area contributed by atoms with E-state index in [1.807, 2.05) is 0 Å². The van der Waals surface area contributed by atoms with Crippen molar-refractivity contribution in [2.45, 2.75) is 35.4 Å². The van der Waals surface area contributed by atoms with Gasteiger partial charge >= 0.3 is 6.18 Å². The minimum Gasteiger partial charge on any atom is -0.343 e. The highest BCUT2D eigenvalue weighted by atomic mass is 35.5. The lowest BCUT2D eigenvalue weighted by atomic mass is 10.1. The van der Waals surface area contributed by atoms with Crippen LogP contribution in [0.25, 0.3) is 11.3 Å². The molecule has 2 saturated heterocycles. The SMILES string of the molecule is O=C1C[C@H](Sc2nc(-c3ccc(Cl)c(Cl)c3)cc(C(F)(F)F)n2)[C@H]2CO[C@@H]1O2. The van der Waals surface area contributed by atoms with E-state index < -0.39 is 29.5 Å². The van der Waals surface area contributed by atoms with Crippen LogP contribution >= 0.6 is 35.0 Å². The van der Waals surface area contributed by atoms with Crippen LogP contribution < -0.4 is 0 Å². The zero-order valence-electron chi connectivity index (χ0n) is 13.9. The lowest BCUT2D eigenvalue weighted by molar-refractivity contribution is -0.151. The van der Waals surface area contributed by atoms with Crippen molar-refractivity contribution in [2.24, 2.45) is 0 Å². The summed E-state index contributed by atoms with van der Waals surface area (Å²) in [6, 6.07) is 5.28. The van der Waals surface area contributed by atoms with Crippen LogP contribution in [-0.4, -0.2) is 40.0 Å². The summed E-state index contributed by atoms with van der Waals surface area (Å²) in [6.45, 7) is 0.201. The Labute approximate surface area is 171 Å². The molecule has 1 aromatic heterocycles. The number of carbonyl (C=O) groups excluding carboxylic acids is 1. The minimum atomic E-state index is -4.66. The molecule has 28 heavy (non-hydrogen) atoms. The fourth-order valence-electron chi connectivity index (χ4n) is 2.89. The van der Waals surface area contributed by atoms with E-state index in [1.165, 1.54) is 18.2 Å². The Bertz CT molecular complexity index is 944. The predicted octanol–water partition coefficient (Wildman–Crippen LogP) is 4.64. The number of halogens is 5. The first-order valence-corrected chi connectivity index (χ1v) is 9.72. The van der Waals surface area contributed by atoms with E-state index in [0.717, 1.165) is 17.8 Å². The second kappa shape index (κ2) is 7.46. The van der Waals surface area contributed by atoms with Crippen molar-refractivity contribution in [3.63, 3.8) is 0 Å². The highest BCUT2D eigenvalue weighted by Gasteiger charge is 2.44. The first kappa shape index (κ1) is 19.9. The molecule has 3 heterocycles. The molecule has 1 aromatic carbocycles. The van der Waals surface area contributed by atoms with Crippen LogP contribution in [0, 0.1) is 0 Å². The molecule has 0 N–H and O–H groups in total. The molecule has 0 unspecified atom stereocenters. The van der Waals surface area contributed by atoms with E-state index in [4.69, 9.17) is 32.7 Å². The zero-order valence-corrected chi connectivity index (χ0v) is 16.2. The van der Waals surface area contributed by atoms with Crippen LogP contribution in [0.15, 0.2) is 29.4 Å². The number of carbonyl (C=O) groups is 1. The summed E-state index contributed by atoms with van der Waals surface area (Å²) < 4.78 is 50.7. The van der Waals surface area contributed by atoms with Gasteiger partial charge in [-0.05, 0) is 18.2 Å². The predicted molar refractivity (Wildman–Crippen MR) is 96.4 cm³/mol. The standard InChI is InChI=1S/C17H11Cl2F3N2O3S/c18-8-2-1-7(3-9(8)19)10-4-14(17(20,21)22)24-16(23-10)28-13-5-11(25)15-26-6-12(13)27-15/h1-4,12-13,15H,5-6H2/t12-,13+,15-/m1/s1. The van der Waals surface area contributed by atoms with E-state index in [2.05, 4.69) is 9.97 Å². The number of aromatic nitrogens is 2. The average molecular weight is 451 g/mol. The molecule has 3 atom stereocenters. The molecule has 2 aromatic rings. The van der Waals surface area contributed by atoms with Crippen LogP contribution in [0.3, 0.4) is 0 Å². The summed E-state index contributed by atoms with van der Waals surface area (Å²) in [7, 11) is 0. The van der Waals surface area contributed by atoms with Crippen molar-refractivity contribution >= 4 is 40.7 Å². The fraction of sp³-hybridized carbons (Fsp3) is 0.353. The summed E-state index contributed by atoms with van der Waals surface area (Å²) in [4.78, 5) is 19.8. The molecule has 148 valence electrons. The number of benzene rings is 1. The number of hydrogen-bond donors (Lipinski definition) is 0. The maximum Gasteiger partial charge on any atom is 0.433 e. The van der Waals surface area contributed by atoms with Crippen LogP contribution in [0.5, 0.6) is 0 Å². The monoisotopic (exact) mass is 450 g/mol. The van der Waals surface area contributed by atoms with Gasteiger partial charge in [-0.25, -0.2) is 9.97 Å². The lowest BCUT2D eigenvalue weighted by Crippen LogP contribution is -2.37. The first-order chi connectivity index (χ1) is 13.2. The highest BCUT2D eigenvalue weighted by molar-refractivity contribution is 7.99. The smallest absolute Gasteiger partial charge is 0.343 e. The Hall–Kier alpha value is -1.39. The van der Waals surface area contributed by atoms with Crippen molar-refractivity contribution in [3.05, 3.63) is 40.0 Å². The van der Waals surface area contributed by atoms with Crippen LogP contribution in [0.1, 0.15) is 12.1 Å². The third-order valence-corrected chi connectivity index (χ3v) is 6.16. The van der Waals surface area contributed by atoms with Gasteiger partial charge in [-0.15, -0.1) is 0 Å². The molecule has 2 aliphatic rings. The minimum absolute atomic E-state index is 0.0481. The molecule has 11 heteroatoms. The summed E-state index contributed by atoms with van der Waals surface area (Å²) in [5, 5.41) is -0.0706. The Morgan fingerprint density at radius 2 is 1.93 bits per heavy atom. The summed E-state index contributed by atoms with van der Waals surface area (Å²) in [6.07, 6.45) is -5.83. The van der Waals surface area contributed by atoms with Crippen LogP contribution in [-0.2, 0) is 20.4 Å². The summed E-state index contributed by atoms with van der Waals surface area (Å²) in [5.74, 6) is -0.247. The second-order valence-electron chi connectivity index (χ2n) is 6.21. The molecule has 0 aliphatic carbocycles. The van der Waals surface area contributed by atoms with Gasteiger partial charge in [0.2, 0.25) is 6.29 Å². The van der Waals surface area contributed by atoms with Gasteiger partial charge in [-0.3, -0.25) is 4.79 Å². The van der Waals surface area contributed by atoms with Gasteiger partial charge < -0.3 is 9.47 Å². The molecule has 5 nitrogen and oxygen atoms in total. The normalized spacial score (nSPS) is 24.6. The number of alkyl halides is 3. The molecular weight excluding hydrogens is 440 g/mol. The van der Waals surface area contributed by atoms with E-state index in [0.29, 0.717) is 5.56 Å². The second-order valence-corrected chi connectivity index (χ2v) is 8.23. The van der Waals surface area contributed by atoms with E-state index in [1.54, 1.807) is 0 Å². The van der Waals surface area contributed by atoms with Gasteiger partial charge in [0, 0.05) is 17.2 Å². The van der Waals surface area contributed by atoms with Gasteiger partial charge in [-0.2, -0.15) is 13.2 Å². The van der Waals surface area contributed by atoms with E-state index >= 15 is 0 Å². The number of hydrogen-bond acceptors (Lipinski definition) is 6. The van der Waals surface area contributed by atoms with Crippen molar-refractivity contribution < 1.29 is 27.4 Å². The van der Waals surface area contributed by atoms with E-state index in [-0.39, 0.29) is 39.7 Å². The number of Topliss-reactive ketones (excluding diaryl/α,β-unsaturated/α-hetero) is 1. The lowest BCUT2D eigenvalue weighted by Gasteiger charge is -2.25. The van der Waals surface area contributed by atoms with Crippen molar-refractivity contribution in [3.8, 4) is 11.3 Å². The van der Waals surface area contributed by atoms with Crippen molar-refractivity contribution in [1.82, 2.24) is 9.97 Å².